The summed E-state index contributed by atoms with van der Waals surface area (Å²) in [5.74, 6) is 0.517. The van der Waals surface area contributed by atoms with Gasteiger partial charge in [0.25, 0.3) is 5.91 Å². The van der Waals surface area contributed by atoms with E-state index < -0.39 is 0 Å². The van der Waals surface area contributed by atoms with Gasteiger partial charge in [0.1, 0.15) is 12.2 Å². The van der Waals surface area contributed by atoms with Gasteiger partial charge in [-0.15, -0.1) is 0 Å². The van der Waals surface area contributed by atoms with E-state index in [1.165, 1.54) is 19.8 Å². The van der Waals surface area contributed by atoms with Crippen LogP contribution < -0.4 is 0 Å². The van der Waals surface area contributed by atoms with E-state index >= 15 is 0 Å². The number of aromatic amines is 1. The summed E-state index contributed by atoms with van der Waals surface area (Å²) in [6.45, 7) is 7.76. The number of aromatic nitrogens is 1. The molecule has 3 aromatic rings. The highest BCUT2D eigenvalue weighted by atomic mass is 16.2. The molecule has 188 valence electrons. The van der Waals surface area contributed by atoms with Crippen molar-refractivity contribution in [1.82, 2.24) is 19.7 Å². The van der Waals surface area contributed by atoms with E-state index in [-0.39, 0.29) is 30.2 Å². The molecule has 0 saturated carbocycles. The van der Waals surface area contributed by atoms with Crippen molar-refractivity contribution in [2.75, 3.05) is 32.7 Å². The average molecular weight is 487 g/mol. The van der Waals surface area contributed by atoms with Gasteiger partial charge in [0.15, 0.2) is 5.78 Å². The van der Waals surface area contributed by atoms with Gasteiger partial charge in [-0.25, -0.2) is 0 Å². The zero-order valence-electron chi connectivity index (χ0n) is 21.1. The number of nitrogens with one attached hydrogen (secondary N) is 1. The highest BCUT2D eigenvalue weighted by molar-refractivity contribution is 6.02. The minimum atomic E-state index is -0.180. The van der Waals surface area contributed by atoms with Crippen molar-refractivity contribution in [2.24, 2.45) is 5.92 Å². The summed E-state index contributed by atoms with van der Waals surface area (Å²) >= 11 is 0. The maximum absolute atomic E-state index is 13.5. The summed E-state index contributed by atoms with van der Waals surface area (Å²) in [6.07, 6.45) is 2.33. The average Bonchev–Trinajstić information content (AvgIpc) is 3.31. The van der Waals surface area contributed by atoms with Gasteiger partial charge in [-0.05, 0) is 68.6 Å². The van der Waals surface area contributed by atoms with Crippen LogP contribution in [-0.2, 0) is 11.3 Å². The Hall–Kier alpha value is -3.45. The van der Waals surface area contributed by atoms with Crippen LogP contribution >= 0.6 is 0 Å². The Morgan fingerprint density at radius 1 is 1.03 bits per heavy atom. The van der Waals surface area contributed by atoms with Crippen molar-refractivity contribution >= 4 is 28.5 Å². The van der Waals surface area contributed by atoms with Crippen LogP contribution in [0.25, 0.3) is 10.9 Å². The maximum Gasteiger partial charge on any atom is 0.270 e. The van der Waals surface area contributed by atoms with E-state index in [0.717, 1.165) is 42.0 Å². The summed E-state index contributed by atoms with van der Waals surface area (Å²) in [5, 5.41) is 0.819. The lowest BCUT2D eigenvalue weighted by molar-refractivity contribution is -0.140. The van der Waals surface area contributed by atoms with Crippen LogP contribution in [0.4, 0.5) is 0 Å². The molecule has 2 fully saturated rings. The van der Waals surface area contributed by atoms with Gasteiger partial charge in [-0.1, -0.05) is 37.3 Å². The normalized spacial score (nSPS) is 19.7. The molecule has 1 N–H and O–H groups in total. The number of nitrogens with zero attached hydrogens (tertiary/aromatic N) is 3. The third-order valence-electron chi connectivity index (χ3n) is 7.60. The number of piperazine rings is 1. The third-order valence-corrected chi connectivity index (χ3v) is 7.60. The smallest absolute Gasteiger partial charge is 0.270 e. The number of benzene rings is 2. The molecule has 5 rings (SSSR count). The van der Waals surface area contributed by atoms with Gasteiger partial charge >= 0.3 is 0 Å². The molecule has 2 aliphatic heterocycles. The quantitative estimate of drug-likeness (QED) is 0.535. The van der Waals surface area contributed by atoms with Crippen LogP contribution in [0, 0.1) is 5.92 Å². The summed E-state index contributed by atoms with van der Waals surface area (Å²) in [5.41, 5.74) is 2.96. The molecule has 7 heteroatoms. The maximum atomic E-state index is 13.5. The number of likely N-dealkylation sites (tertiary alicyclic amines) is 1. The zero-order valence-corrected chi connectivity index (χ0v) is 21.1. The van der Waals surface area contributed by atoms with E-state index in [1.807, 2.05) is 41.3 Å². The monoisotopic (exact) mass is 486 g/mol. The molecule has 2 saturated heterocycles. The van der Waals surface area contributed by atoms with Crippen molar-refractivity contribution in [3.63, 3.8) is 0 Å². The molecule has 0 spiro atoms. The number of rotatable bonds is 6. The molecule has 2 aliphatic rings. The van der Waals surface area contributed by atoms with Crippen LogP contribution in [0.15, 0.2) is 54.6 Å². The molecule has 1 aromatic heterocycles. The highest BCUT2D eigenvalue weighted by Crippen LogP contribution is 2.23. The van der Waals surface area contributed by atoms with Gasteiger partial charge in [-0.3, -0.25) is 14.4 Å². The van der Waals surface area contributed by atoms with Gasteiger partial charge in [0, 0.05) is 36.1 Å². The van der Waals surface area contributed by atoms with E-state index in [1.54, 1.807) is 23.1 Å². The Morgan fingerprint density at radius 3 is 2.50 bits per heavy atom. The highest BCUT2D eigenvalue weighted by Gasteiger charge is 2.36. The number of fused-ring (bicyclic) bond motifs is 1. The van der Waals surface area contributed by atoms with Gasteiger partial charge in [0.05, 0.1) is 6.04 Å². The number of ketones is 1. The van der Waals surface area contributed by atoms with Crippen molar-refractivity contribution in [3.8, 4) is 0 Å². The van der Waals surface area contributed by atoms with Crippen molar-refractivity contribution in [3.05, 3.63) is 71.4 Å². The molecule has 0 aliphatic carbocycles. The predicted octanol–water partition coefficient (Wildman–Crippen LogP) is 3.96. The fourth-order valence-electron chi connectivity index (χ4n) is 5.36. The van der Waals surface area contributed by atoms with Crippen LogP contribution in [0.2, 0.25) is 0 Å². The minimum Gasteiger partial charge on any atom is -0.351 e. The Bertz CT molecular complexity index is 1260. The zero-order chi connectivity index (χ0) is 25.2. The fourth-order valence-corrected chi connectivity index (χ4v) is 5.36. The second-order valence-electron chi connectivity index (χ2n) is 10.4. The molecule has 1 atom stereocenters. The third kappa shape index (κ3) is 5.21. The topological polar surface area (TPSA) is 76.7 Å². The van der Waals surface area contributed by atoms with Crippen molar-refractivity contribution < 1.29 is 14.4 Å². The van der Waals surface area contributed by atoms with E-state index in [0.29, 0.717) is 24.3 Å². The number of Topliss-reactive ketones (excluding diaryl/α,β-unsaturated/α-hetero) is 1. The van der Waals surface area contributed by atoms with E-state index in [9.17, 15) is 14.4 Å². The number of carbonyl (C=O) groups is 3. The number of hydrogen-bond donors (Lipinski definition) is 1. The standard InChI is InChI=1S/C29H34N4O3/c1-20-10-12-31(13-11-20)17-25-18-32(19-28(35)33(25)16-22-6-4-3-5-7-22)29(36)27-15-24-14-23(21(2)34)8-9-26(24)30-27/h3-9,14-15,20,25,30H,10-13,16-19H2,1-2H3/t25-/m0/s1. The lowest BCUT2D eigenvalue weighted by Crippen LogP contribution is -2.60. The van der Waals surface area contributed by atoms with Gasteiger partial charge in [0.2, 0.25) is 5.91 Å². The minimum absolute atomic E-state index is 0.0129. The van der Waals surface area contributed by atoms with Crippen molar-refractivity contribution in [2.45, 2.75) is 39.3 Å². The first kappa shape index (κ1) is 24.3. The van der Waals surface area contributed by atoms with Crippen LogP contribution in [-0.4, -0.2) is 76.0 Å². The molecule has 7 nitrogen and oxygen atoms in total. The number of amides is 2. The molecule has 0 radical (unpaired) electrons. The first-order valence-electron chi connectivity index (χ1n) is 12.9. The Morgan fingerprint density at radius 2 is 1.78 bits per heavy atom. The fraction of sp³-hybridized carbons (Fsp3) is 0.414. The Kier molecular flexibility index (Phi) is 6.92. The second kappa shape index (κ2) is 10.3. The molecule has 0 unspecified atom stereocenters. The lowest BCUT2D eigenvalue weighted by atomic mass is 9.98. The number of piperidine rings is 1. The number of carbonyl (C=O) groups excluding carboxylic acids is 3. The summed E-state index contributed by atoms with van der Waals surface area (Å²) in [7, 11) is 0. The molecule has 3 heterocycles. The van der Waals surface area contributed by atoms with Gasteiger partial charge < -0.3 is 19.7 Å². The van der Waals surface area contributed by atoms with Gasteiger partial charge in [-0.2, -0.15) is 0 Å². The van der Waals surface area contributed by atoms with Crippen molar-refractivity contribution in [1.29, 1.82) is 0 Å². The van der Waals surface area contributed by atoms with E-state index in [2.05, 4.69) is 16.8 Å². The molecule has 2 amide bonds. The molecular weight excluding hydrogens is 452 g/mol. The Balaban J connectivity index is 1.37. The number of hydrogen-bond acceptors (Lipinski definition) is 4. The molecule has 2 aromatic carbocycles. The number of H-pyrrole nitrogens is 1. The first-order valence-corrected chi connectivity index (χ1v) is 12.9. The second-order valence-corrected chi connectivity index (χ2v) is 10.4. The van der Waals surface area contributed by atoms with E-state index in [4.69, 9.17) is 0 Å². The molecule has 36 heavy (non-hydrogen) atoms. The summed E-state index contributed by atoms with van der Waals surface area (Å²) in [4.78, 5) is 48.0. The summed E-state index contributed by atoms with van der Waals surface area (Å²) in [6, 6.07) is 17.2. The SMILES string of the molecule is CC(=O)c1ccc2[nH]c(C(=O)N3CC(=O)N(Cc4ccccc4)[C@@H](CN4CCC(C)CC4)C3)cc2c1. The predicted molar refractivity (Wildman–Crippen MR) is 140 cm³/mol. The lowest BCUT2D eigenvalue weighted by Gasteiger charge is -2.44. The largest absolute Gasteiger partial charge is 0.351 e. The molecular formula is C29H34N4O3. The van der Waals surface area contributed by atoms with Crippen LogP contribution in [0.3, 0.4) is 0 Å². The Labute approximate surface area is 212 Å². The van der Waals surface area contributed by atoms with Crippen LogP contribution in [0.1, 0.15) is 53.1 Å². The summed E-state index contributed by atoms with van der Waals surface area (Å²) < 4.78 is 0. The van der Waals surface area contributed by atoms with Crippen LogP contribution in [0.5, 0.6) is 0 Å². The molecule has 0 bridgehead atoms. The first-order chi connectivity index (χ1) is 17.4.